The molecule has 0 unspecified atom stereocenters. The minimum Gasteiger partial charge on any atom is -0.352 e. The average molecular weight is 470 g/mol. The van der Waals surface area contributed by atoms with Gasteiger partial charge < -0.3 is 9.88 Å². The van der Waals surface area contributed by atoms with Gasteiger partial charge in [0.2, 0.25) is 15.9 Å². The number of amides is 1. The lowest BCUT2D eigenvalue weighted by Gasteiger charge is -2.29. The highest BCUT2D eigenvalue weighted by Gasteiger charge is 2.24. The van der Waals surface area contributed by atoms with Gasteiger partial charge in [-0.15, -0.1) is 10.2 Å². The van der Waals surface area contributed by atoms with E-state index in [1.807, 2.05) is 0 Å². The summed E-state index contributed by atoms with van der Waals surface area (Å²) in [7, 11) is -1.90. The molecular formula is C20H28FN5O3S2. The predicted molar refractivity (Wildman–Crippen MR) is 119 cm³/mol. The third-order valence-electron chi connectivity index (χ3n) is 5.52. The first-order chi connectivity index (χ1) is 14.6. The van der Waals surface area contributed by atoms with E-state index in [-0.39, 0.29) is 24.2 Å². The lowest BCUT2D eigenvalue weighted by Crippen LogP contribution is -2.41. The second kappa shape index (κ2) is 9.99. The van der Waals surface area contributed by atoms with E-state index in [1.165, 1.54) is 42.4 Å². The lowest BCUT2D eigenvalue weighted by atomic mass is 9.86. The van der Waals surface area contributed by atoms with E-state index >= 15 is 0 Å². The molecule has 1 heterocycles. The number of hydrogen-bond donors (Lipinski definition) is 1. The summed E-state index contributed by atoms with van der Waals surface area (Å²) in [6.45, 7) is 2.11. The average Bonchev–Trinajstić information content (AvgIpc) is 3.06. The molecule has 1 aromatic heterocycles. The van der Waals surface area contributed by atoms with Gasteiger partial charge in [0.15, 0.2) is 11.0 Å². The summed E-state index contributed by atoms with van der Waals surface area (Å²) in [4.78, 5) is 12.4. The molecule has 11 heteroatoms. The third kappa shape index (κ3) is 6.19. The monoisotopic (exact) mass is 469 g/mol. The van der Waals surface area contributed by atoms with Crippen molar-refractivity contribution in [3.63, 3.8) is 0 Å². The van der Waals surface area contributed by atoms with E-state index in [1.54, 1.807) is 11.6 Å². The van der Waals surface area contributed by atoms with Crippen LogP contribution in [0, 0.1) is 11.7 Å². The number of benzene rings is 1. The fraction of sp³-hybridized carbons (Fsp3) is 0.550. The molecule has 0 bridgehead atoms. The Hall–Kier alpha value is -2.14. The third-order valence-corrected chi connectivity index (χ3v) is 7.68. The largest absolute Gasteiger partial charge is 0.352 e. The van der Waals surface area contributed by atoms with Gasteiger partial charge in [-0.3, -0.25) is 9.10 Å². The van der Waals surface area contributed by atoms with Crippen LogP contribution < -0.4 is 9.62 Å². The molecular weight excluding hydrogens is 441 g/mol. The topological polar surface area (TPSA) is 97.2 Å². The van der Waals surface area contributed by atoms with Crippen LogP contribution in [0.3, 0.4) is 0 Å². The molecule has 2 aromatic rings. The zero-order valence-corrected chi connectivity index (χ0v) is 19.5. The number of thioether (sulfide) groups is 1. The molecule has 1 amide bonds. The Morgan fingerprint density at radius 2 is 1.94 bits per heavy atom. The van der Waals surface area contributed by atoms with Crippen molar-refractivity contribution in [3.05, 3.63) is 35.9 Å². The molecule has 1 aliphatic rings. The standard InChI is InChI=1S/C20H28FN5O3S2/c1-14-6-4-5-7-17(14)22-19(27)13-30-20-24-23-18(25(20)2)12-26(31(3,28)29)16-10-8-15(21)9-11-16/h8-11,14,17H,4-7,12-13H2,1-3H3,(H,22,27)/t14-,17-/m0/s1. The summed E-state index contributed by atoms with van der Waals surface area (Å²) in [6, 6.07) is 5.43. The molecule has 1 aromatic carbocycles. The number of carbonyl (C=O) groups is 1. The number of rotatable bonds is 8. The van der Waals surface area contributed by atoms with Crippen molar-refractivity contribution in [2.75, 3.05) is 16.3 Å². The van der Waals surface area contributed by atoms with E-state index in [0.717, 1.165) is 29.8 Å². The smallest absolute Gasteiger partial charge is 0.232 e. The summed E-state index contributed by atoms with van der Waals surface area (Å²) in [6.07, 6.45) is 5.58. The van der Waals surface area contributed by atoms with Crippen LogP contribution in [-0.2, 0) is 28.4 Å². The Bertz CT molecular complexity index is 1010. The number of anilines is 1. The second-order valence-corrected chi connectivity index (χ2v) is 10.8. The first-order valence-electron chi connectivity index (χ1n) is 10.2. The number of nitrogens with zero attached hydrogens (tertiary/aromatic N) is 4. The van der Waals surface area contributed by atoms with Gasteiger partial charge in [0.25, 0.3) is 0 Å². The maximum atomic E-state index is 13.2. The van der Waals surface area contributed by atoms with Gasteiger partial charge >= 0.3 is 0 Å². The van der Waals surface area contributed by atoms with Gasteiger partial charge in [0.05, 0.1) is 24.2 Å². The molecule has 2 atom stereocenters. The second-order valence-electron chi connectivity index (χ2n) is 7.93. The van der Waals surface area contributed by atoms with Crippen LogP contribution in [0.5, 0.6) is 0 Å². The number of hydrogen-bond acceptors (Lipinski definition) is 6. The van der Waals surface area contributed by atoms with Gasteiger partial charge in [0, 0.05) is 13.1 Å². The van der Waals surface area contributed by atoms with Gasteiger partial charge in [0.1, 0.15) is 5.82 Å². The molecule has 0 spiro atoms. The highest BCUT2D eigenvalue weighted by Crippen LogP contribution is 2.25. The number of halogens is 1. The molecule has 0 aliphatic heterocycles. The van der Waals surface area contributed by atoms with E-state index in [4.69, 9.17) is 0 Å². The fourth-order valence-corrected chi connectivity index (χ4v) is 5.25. The van der Waals surface area contributed by atoms with Crippen LogP contribution in [0.2, 0.25) is 0 Å². The molecule has 0 radical (unpaired) electrons. The molecule has 1 N–H and O–H groups in total. The SMILES string of the molecule is C[C@H]1CCCC[C@@H]1NC(=O)CSc1nnc(CN(c2ccc(F)cc2)S(C)(=O)=O)n1C. The molecule has 8 nitrogen and oxygen atoms in total. The summed E-state index contributed by atoms with van der Waals surface area (Å²) >= 11 is 1.26. The molecule has 1 saturated carbocycles. The van der Waals surface area contributed by atoms with Gasteiger partial charge in [-0.25, -0.2) is 12.8 Å². The highest BCUT2D eigenvalue weighted by atomic mass is 32.2. The molecule has 0 saturated heterocycles. The van der Waals surface area contributed by atoms with Crippen molar-refractivity contribution in [1.82, 2.24) is 20.1 Å². The van der Waals surface area contributed by atoms with Crippen LogP contribution in [0.25, 0.3) is 0 Å². The Kier molecular flexibility index (Phi) is 7.58. The van der Waals surface area contributed by atoms with Crippen LogP contribution in [0.1, 0.15) is 38.4 Å². The summed E-state index contributed by atoms with van der Waals surface area (Å²) in [5.41, 5.74) is 0.335. The van der Waals surface area contributed by atoms with Crippen LogP contribution >= 0.6 is 11.8 Å². The minimum atomic E-state index is -3.63. The number of sulfonamides is 1. The molecule has 3 rings (SSSR count). The van der Waals surface area contributed by atoms with Crippen molar-refractivity contribution >= 4 is 33.4 Å². The number of carbonyl (C=O) groups excluding carboxylic acids is 1. The molecule has 1 aliphatic carbocycles. The van der Waals surface area contributed by atoms with Crippen LogP contribution in [0.4, 0.5) is 10.1 Å². The van der Waals surface area contributed by atoms with E-state index in [9.17, 15) is 17.6 Å². The van der Waals surface area contributed by atoms with Crippen LogP contribution in [-0.4, -0.2) is 47.1 Å². The Morgan fingerprint density at radius 1 is 1.26 bits per heavy atom. The van der Waals surface area contributed by atoms with Gasteiger partial charge in [-0.1, -0.05) is 31.5 Å². The summed E-state index contributed by atoms with van der Waals surface area (Å²) in [5.74, 6) is 0.618. The summed E-state index contributed by atoms with van der Waals surface area (Å²) in [5, 5.41) is 11.8. The van der Waals surface area contributed by atoms with Gasteiger partial charge in [-0.2, -0.15) is 0 Å². The molecule has 31 heavy (non-hydrogen) atoms. The predicted octanol–water partition coefficient (Wildman–Crippen LogP) is 2.71. The zero-order valence-electron chi connectivity index (χ0n) is 17.9. The van der Waals surface area contributed by atoms with Crippen molar-refractivity contribution < 1.29 is 17.6 Å². The van der Waals surface area contributed by atoms with Crippen molar-refractivity contribution in [2.24, 2.45) is 13.0 Å². The Balaban J connectivity index is 1.64. The maximum Gasteiger partial charge on any atom is 0.232 e. The first-order valence-corrected chi connectivity index (χ1v) is 13.0. The maximum absolute atomic E-state index is 13.2. The van der Waals surface area contributed by atoms with Crippen LogP contribution in [0.15, 0.2) is 29.4 Å². The molecule has 170 valence electrons. The summed E-state index contributed by atoms with van der Waals surface area (Å²) < 4.78 is 40.6. The Morgan fingerprint density at radius 3 is 2.58 bits per heavy atom. The minimum absolute atomic E-state index is 0.0441. The quantitative estimate of drug-likeness (QED) is 0.597. The lowest BCUT2D eigenvalue weighted by molar-refractivity contribution is -0.119. The van der Waals surface area contributed by atoms with Gasteiger partial charge in [-0.05, 0) is 43.0 Å². The first kappa shape index (κ1) is 23.5. The van der Waals surface area contributed by atoms with E-state index in [2.05, 4.69) is 22.4 Å². The zero-order chi connectivity index (χ0) is 22.6. The van der Waals surface area contributed by atoms with Crippen molar-refractivity contribution in [1.29, 1.82) is 0 Å². The van der Waals surface area contributed by atoms with Crippen molar-refractivity contribution in [3.8, 4) is 0 Å². The Labute approximate surface area is 186 Å². The van der Waals surface area contributed by atoms with E-state index in [0.29, 0.717) is 22.6 Å². The fourth-order valence-electron chi connectivity index (χ4n) is 3.65. The molecule has 1 fully saturated rings. The number of aromatic nitrogens is 3. The number of nitrogens with one attached hydrogen (secondary N) is 1. The normalized spacial score (nSPS) is 19.2. The van der Waals surface area contributed by atoms with E-state index < -0.39 is 15.8 Å². The van der Waals surface area contributed by atoms with Crippen molar-refractivity contribution in [2.45, 2.75) is 50.4 Å². The highest BCUT2D eigenvalue weighted by molar-refractivity contribution is 7.99.